The van der Waals surface area contributed by atoms with Crippen molar-refractivity contribution in [3.05, 3.63) is 35.9 Å². The molecule has 0 bridgehead atoms. The fraction of sp³-hybridized carbons (Fsp3) is 0.538. The largest absolute Gasteiger partial charge is 0.314 e. The number of piperazine rings is 1. The van der Waals surface area contributed by atoms with E-state index in [-0.39, 0.29) is 0 Å². The predicted molar refractivity (Wildman–Crippen MR) is 67.2 cm³/mol. The second-order valence-electron chi connectivity index (χ2n) is 4.51. The van der Waals surface area contributed by atoms with E-state index < -0.39 is 0 Å². The van der Waals surface area contributed by atoms with Gasteiger partial charge >= 0.3 is 0 Å². The molecule has 1 N–H and O–H groups in total. The SMILES string of the molecule is CN(Cc1ccccc1)CN1CCNCC1. The van der Waals surface area contributed by atoms with Crippen LogP contribution in [0.5, 0.6) is 0 Å². The van der Waals surface area contributed by atoms with Crippen molar-refractivity contribution in [3.63, 3.8) is 0 Å². The summed E-state index contributed by atoms with van der Waals surface area (Å²) in [5.74, 6) is 0. The summed E-state index contributed by atoms with van der Waals surface area (Å²) in [5.41, 5.74) is 1.39. The van der Waals surface area contributed by atoms with Crippen LogP contribution in [0.4, 0.5) is 0 Å². The second-order valence-corrected chi connectivity index (χ2v) is 4.51. The minimum Gasteiger partial charge on any atom is -0.314 e. The lowest BCUT2D eigenvalue weighted by Gasteiger charge is -2.31. The minimum atomic E-state index is 1.03. The molecule has 1 aromatic carbocycles. The van der Waals surface area contributed by atoms with Crippen LogP contribution in [0.25, 0.3) is 0 Å². The molecule has 0 radical (unpaired) electrons. The monoisotopic (exact) mass is 219 g/mol. The first-order valence-electron chi connectivity index (χ1n) is 6.00. The van der Waals surface area contributed by atoms with E-state index in [1.54, 1.807) is 0 Å². The maximum absolute atomic E-state index is 3.38. The highest BCUT2D eigenvalue weighted by atomic mass is 15.3. The first-order valence-corrected chi connectivity index (χ1v) is 6.00. The van der Waals surface area contributed by atoms with E-state index in [1.165, 1.54) is 18.7 Å². The van der Waals surface area contributed by atoms with Gasteiger partial charge in [-0.2, -0.15) is 0 Å². The van der Waals surface area contributed by atoms with Crippen molar-refractivity contribution < 1.29 is 0 Å². The van der Waals surface area contributed by atoms with E-state index in [1.807, 2.05) is 0 Å². The number of nitrogens with one attached hydrogen (secondary N) is 1. The molecule has 0 atom stereocenters. The Balaban J connectivity index is 1.77. The van der Waals surface area contributed by atoms with Crippen LogP contribution in [-0.2, 0) is 6.54 Å². The second kappa shape index (κ2) is 5.99. The molecule has 2 rings (SSSR count). The molecule has 0 aliphatic carbocycles. The lowest BCUT2D eigenvalue weighted by molar-refractivity contribution is 0.135. The molecule has 1 aromatic rings. The zero-order valence-electron chi connectivity index (χ0n) is 10.0. The molecule has 0 saturated carbocycles. The maximum atomic E-state index is 3.38. The highest BCUT2D eigenvalue weighted by molar-refractivity contribution is 5.14. The quantitative estimate of drug-likeness (QED) is 0.814. The van der Waals surface area contributed by atoms with Crippen LogP contribution in [0.3, 0.4) is 0 Å². The van der Waals surface area contributed by atoms with Gasteiger partial charge in [-0.15, -0.1) is 0 Å². The van der Waals surface area contributed by atoms with Crippen LogP contribution in [0.15, 0.2) is 30.3 Å². The third-order valence-corrected chi connectivity index (χ3v) is 2.95. The van der Waals surface area contributed by atoms with Crippen LogP contribution < -0.4 is 5.32 Å². The zero-order valence-corrected chi connectivity index (χ0v) is 10.0. The Morgan fingerprint density at radius 1 is 1.19 bits per heavy atom. The molecular weight excluding hydrogens is 198 g/mol. The van der Waals surface area contributed by atoms with Crippen molar-refractivity contribution in [3.8, 4) is 0 Å². The van der Waals surface area contributed by atoms with Crippen molar-refractivity contribution in [1.29, 1.82) is 0 Å². The van der Waals surface area contributed by atoms with Crippen molar-refractivity contribution in [1.82, 2.24) is 15.1 Å². The molecular formula is C13H21N3. The number of hydrogen-bond donors (Lipinski definition) is 1. The van der Waals surface area contributed by atoms with Crippen LogP contribution in [-0.4, -0.2) is 49.7 Å². The summed E-state index contributed by atoms with van der Waals surface area (Å²) in [7, 11) is 2.19. The summed E-state index contributed by atoms with van der Waals surface area (Å²) >= 11 is 0. The van der Waals surface area contributed by atoms with Crippen molar-refractivity contribution in [2.75, 3.05) is 39.9 Å². The van der Waals surface area contributed by atoms with Gasteiger partial charge in [-0.05, 0) is 12.6 Å². The highest BCUT2D eigenvalue weighted by Gasteiger charge is 2.11. The van der Waals surface area contributed by atoms with Gasteiger partial charge in [0, 0.05) is 32.7 Å². The van der Waals surface area contributed by atoms with Gasteiger partial charge in [-0.1, -0.05) is 30.3 Å². The molecule has 0 amide bonds. The van der Waals surface area contributed by atoms with E-state index in [0.717, 1.165) is 26.3 Å². The highest BCUT2D eigenvalue weighted by Crippen LogP contribution is 2.03. The molecule has 0 aromatic heterocycles. The molecule has 3 heteroatoms. The Morgan fingerprint density at radius 3 is 2.56 bits per heavy atom. The molecule has 1 saturated heterocycles. The number of rotatable bonds is 4. The summed E-state index contributed by atoms with van der Waals surface area (Å²) in [6, 6.07) is 10.7. The van der Waals surface area contributed by atoms with Crippen LogP contribution >= 0.6 is 0 Å². The van der Waals surface area contributed by atoms with Gasteiger partial charge in [0.1, 0.15) is 0 Å². The average molecular weight is 219 g/mol. The van der Waals surface area contributed by atoms with Crippen LogP contribution in [0.2, 0.25) is 0 Å². The number of benzene rings is 1. The van der Waals surface area contributed by atoms with Crippen molar-refractivity contribution in [2.45, 2.75) is 6.54 Å². The predicted octanol–water partition coefficient (Wildman–Crippen LogP) is 0.981. The summed E-state index contributed by atoms with van der Waals surface area (Å²) in [6.07, 6.45) is 0. The Kier molecular flexibility index (Phi) is 4.34. The molecule has 3 nitrogen and oxygen atoms in total. The Morgan fingerprint density at radius 2 is 1.88 bits per heavy atom. The average Bonchev–Trinajstić information content (AvgIpc) is 2.31. The van der Waals surface area contributed by atoms with Gasteiger partial charge < -0.3 is 5.32 Å². The van der Waals surface area contributed by atoms with Crippen LogP contribution in [0.1, 0.15) is 5.56 Å². The van der Waals surface area contributed by atoms with Gasteiger partial charge in [0.05, 0.1) is 6.67 Å². The Bertz CT molecular complexity index is 293. The van der Waals surface area contributed by atoms with Crippen molar-refractivity contribution in [2.24, 2.45) is 0 Å². The smallest absolute Gasteiger partial charge is 0.0507 e. The summed E-state index contributed by atoms with van der Waals surface area (Å²) in [4.78, 5) is 4.88. The number of nitrogens with zero attached hydrogens (tertiary/aromatic N) is 2. The molecule has 1 aliphatic rings. The first-order chi connectivity index (χ1) is 7.84. The van der Waals surface area contributed by atoms with Gasteiger partial charge in [0.2, 0.25) is 0 Å². The molecule has 1 fully saturated rings. The third-order valence-electron chi connectivity index (χ3n) is 2.95. The van der Waals surface area contributed by atoms with Gasteiger partial charge in [0.25, 0.3) is 0 Å². The Labute approximate surface area is 98.0 Å². The lowest BCUT2D eigenvalue weighted by Crippen LogP contribution is -2.47. The van der Waals surface area contributed by atoms with Crippen molar-refractivity contribution >= 4 is 0 Å². The minimum absolute atomic E-state index is 1.03. The van der Waals surface area contributed by atoms with Gasteiger partial charge in [-0.3, -0.25) is 9.80 Å². The fourth-order valence-corrected chi connectivity index (χ4v) is 2.14. The molecule has 1 heterocycles. The van der Waals surface area contributed by atoms with Gasteiger partial charge in [-0.25, -0.2) is 0 Å². The fourth-order valence-electron chi connectivity index (χ4n) is 2.14. The number of hydrogen-bond acceptors (Lipinski definition) is 3. The first kappa shape index (κ1) is 11.6. The van der Waals surface area contributed by atoms with Gasteiger partial charge in [0.15, 0.2) is 0 Å². The summed E-state index contributed by atoms with van der Waals surface area (Å²) < 4.78 is 0. The third kappa shape index (κ3) is 3.59. The lowest BCUT2D eigenvalue weighted by atomic mass is 10.2. The Hall–Kier alpha value is -0.900. The zero-order chi connectivity index (χ0) is 11.2. The normalized spacial score (nSPS) is 17.9. The van der Waals surface area contributed by atoms with E-state index in [4.69, 9.17) is 0 Å². The van der Waals surface area contributed by atoms with E-state index in [2.05, 4.69) is 52.5 Å². The van der Waals surface area contributed by atoms with E-state index in [0.29, 0.717) is 0 Å². The maximum Gasteiger partial charge on any atom is 0.0507 e. The summed E-state index contributed by atoms with van der Waals surface area (Å²) in [6.45, 7) is 6.68. The topological polar surface area (TPSA) is 18.5 Å². The summed E-state index contributed by atoms with van der Waals surface area (Å²) in [5, 5.41) is 3.38. The molecule has 0 spiro atoms. The van der Waals surface area contributed by atoms with E-state index >= 15 is 0 Å². The molecule has 1 aliphatic heterocycles. The van der Waals surface area contributed by atoms with E-state index in [9.17, 15) is 0 Å². The molecule has 88 valence electrons. The van der Waals surface area contributed by atoms with Crippen LogP contribution in [0, 0.1) is 0 Å². The molecule has 0 unspecified atom stereocenters. The molecule has 16 heavy (non-hydrogen) atoms. The standard InChI is InChI=1S/C13H21N3/c1-15(11-13-5-3-2-4-6-13)12-16-9-7-14-8-10-16/h2-6,14H,7-12H2,1H3.